The van der Waals surface area contributed by atoms with Crippen molar-refractivity contribution in [1.29, 1.82) is 0 Å². The summed E-state index contributed by atoms with van der Waals surface area (Å²) < 4.78 is 7.29. The second kappa shape index (κ2) is 5.64. The summed E-state index contributed by atoms with van der Waals surface area (Å²) >= 11 is 6.74. The smallest absolute Gasteiger partial charge is 0.193 e. The van der Waals surface area contributed by atoms with Gasteiger partial charge in [0.1, 0.15) is 11.5 Å². The van der Waals surface area contributed by atoms with Gasteiger partial charge in [-0.2, -0.15) is 0 Å². The molecule has 0 aliphatic carbocycles. The van der Waals surface area contributed by atoms with E-state index in [1.807, 2.05) is 0 Å². The van der Waals surface area contributed by atoms with Crippen LogP contribution in [0.25, 0.3) is 22.3 Å². The molecule has 1 N–H and O–H groups in total. The Labute approximate surface area is 142 Å². The molecule has 0 spiro atoms. The predicted octanol–water partition coefficient (Wildman–Crippen LogP) is 4.67. The second-order valence-electron chi connectivity index (χ2n) is 4.62. The fourth-order valence-electron chi connectivity index (χ4n) is 2.13. The van der Waals surface area contributed by atoms with Crippen LogP contribution >= 0.6 is 31.9 Å². The van der Waals surface area contributed by atoms with Gasteiger partial charge < -0.3 is 9.52 Å². The summed E-state index contributed by atoms with van der Waals surface area (Å²) in [5, 5.41) is 10.1. The highest BCUT2D eigenvalue weighted by Gasteiger charge is 2.12. The van der Waals surface area contributed by atoms with Crippen molar-refractivity contribution in [3.63, 3.8) is 0 Å². The molecule has 5 heteroatoms. The largest absolute Gasteiger partial charge is 0.507 e. The van der Waals surface area contributed by atoms with Gasteiger partial charge >= 0.3 is 0 Å². The summed E-state index contributed by atoms with van der Waals surface area (Å²) in [5.74, 6) is 2.79. The zero-order chi connectivity index (χ0) is 15.9. The Morgan fingerprint density at radius 1 is 1.14 bits per heavy atom. The van der Waals surface area contributed by atoms with Crippen LogP contribution < -0.4 is 5.43 Å². The van der Waals surface area contributed by atoms with E-state index in [4.69, 9.17) is 10.8 Å². The Hall–Kier alpha value is -2.03. The third kappa shape index (κ3) is 2.56. The third-order valence-corrected chi connectivity index (χ3v) is 4.23. The van der Waals surface area contributed by atoms with Crippen LogP contribution in [-0.2, 0) is 0 Å². The number of hydrogen-bond donors (Lipinski definition) is 1. The lowest BCUT2D eigenvalue weighted by Crippen LogP contribution is -2.01. The molecule has 1 heterocycles. The Kier molecular flexibility index (Phi) is 3.81. The number of rotatable bonds is 1. The van der Waals surface area contributed by atoms with Gasteiger partial charge in [-0.15, -0.1) is 6.42 Å². The van der Waals surface area contributed by atoms with Crippen LogP contribution in [0.5, 0.6) is 5.75 Å². The predicted molar refractivity (Wildman–Crippen MR) is 92.9 cm³/mol. The van der Waals surface area contributed by atoms with Gasteiger partial charge in [0.15, 0.2) is 11.0 Å². The lowest BCUT2D eigenvalue weighted by molar-refractivity contribution is 0.473. The summed E-state index contributed by atoms with van der Waals surface area (Å²) in [6.45, 7) is 0. The number of halogens is 2. The zero-order valence-corrected chi connectivity index (χ0v) is 14.2. The van der Waals surface area contributed by atoms with Gasteiger partial charge in [0.05, 0.1) is 15.4 Å². The van der Waals surface area contributed by atoms with E-state index in [1.165, 1.54) is 12.1 Å². The van der Waals surface area contributed by atoms with Crippen LogP contribution in [0.2, 0.25) is 0 Å². The molecule has 0 atom stereocenters. The first-order chi connectivity index (χ1) is 10.5. The Morgan fingerprint density at radius 3 is 2.64 bits per heavy atom. The SMILES string of the molecule is C#Cc1cc(-c2cc(=O)c3cc(Br)cc(Br)c3o2)ccc1O. The maximum Gasteiger partial charge on any atom is 0.193 e. The van der Waals surface area contributed by atoms with Crippen molar-refractivity contribution < 1.29 is 9.52 Å². The third-order valence-electron chi connectivity index (χ3n) is 3.18. The molecule has 0 radical (unpaired) electrons. The van der Waals surface area contributed by atoms with Crippen LogP contribution in [0, 0.1) is 12.3 Å². The van der Waals surface area contributed by atoms with Crippen LogP contribution in [0.3, 0.4) is 0 Å². The lowest BCUT2D eigenvalue weighted by Gasteiger charge is -2.06. The number of terminal acetylenes is 1. The highest BCUT2D eigenvalue weighted by Crippen LogP contribution is 2.31. The van der Waals surface area contributed by atoms with Gasteiger partial charge in [0.2, 0.25) is 0 Å². The summed E-state index contributed by atoms with van der Waals surface area (Å²) in [5.41, 5.74) is 1.27. The van der Waals surface area contributed by atoms with Crippen molar-refractivity contribution in [3.8, 4) is 29.4 Å². The Balaban J connectivity index is 2.30. The fraction of sp³-hybridized carbons (Fsp3) is 0. The summed E-state index contributed by atoms with van der Waals surface area (Å²) in [6.07, 6.45) is 5.34. The van der Waals surface area contributed by atoms with E-state index in [2.05, 4.69) is 37.8 Å². The van der Waals surface area contributed by atoms with Gasteiger partial charge in [-0.05, 0) is 46.3 Å². The van der Waals surface area contributed by atoms with Crippen molar-refractivity contribution >= 4 is 42.8 Å². The number of aromatic hydroxyl groups is 1. The maximum atomic E-state index is 12.3. The number of phenols is 1. The van der Waals surface area contributed by atoms with Crippen molar-refractivity contribution in [2.75, 3.05) is 0 Å². The van der Waals surface area contributed by atoms with Gasteiger partial charge in [-0.3, -0.25) is 4.79 Å². The van der Waals surface area contributed by atoms with Crippen molar-refractivity contribution in [2.45, 2.75) is 0 Å². The van der Waals surface area contributed by atoms with E-state index in [0.29, 0.717) is 32.3 Å². The average Bonchev–Trinajstić information content (AvgIpc) is 2.48. The maximum absolute atomic E-state index is 12.3. The van der Waals surface area contributed by atoms with Crippen LogP contribution in [0.1, 0.15) is 5.56 Å². The van der Waals surface area contributed by atoms with Gasteiger partial charge in [0, 0.05) is 16.1 Å². The Bertz CT molecular complexity index is 997. The van der Waals surface area contributed by atoms with Crippen molar-refractivity contribution in [2.24, 2.45) is 0 Å². The summed E-state index contributed by atoms with van der Waals surface area (Å²) in [7, 11) is 0. The topological polar surface area (TPSA) is 50.4 Å². The van der Waals surface area contributed by atoms with Crippen molar-refractivity contribution in [1.82, 2.24) is 0 Å². The Morgan fingerprint density at radius 2 is 1.91 bits per heavy atom. The first kappa shape index (κ1) is 14.9. The number of phenolic OH excluding ortho intramolecular Hbond substituents is 1. The lowest BCUT2D eigenvalue weighted by atomic mass is 10.1. The molecule has 0 saturated carbocycles. The first-order valence-electron chi connectivity index (χ1n) is 6.22. The fourth-order valence-corrected chi connectivity index (χ4v) is 3.44. The molecule has 1 aromatic heterocycles. The van der Waals surface area contributed by atoms with E-state index in [-0.39, 0.29) is 11.2 Å². The molecule has 0 fully saturated rings. The molecule has 0 bridgehead atoms. The van der Waals surface area contributed by atoms with Crippen LogP contribution in [0.4, 0.5) is 0 Å². The monoisotopic (exact) mass is 418 g/mol. The first-order valence-corrected chi connectivity index (χ1v) is 7.81. The molecule has 0 saturated heterocycles. The second-order valence-corrected chi connectivity index (χ2v) is 6.39. The van der Waals surface area contributed by atoms with Crippen LogP contribution in [0.15, 0.2) is 54.6 Å². The minimum Gasteiger partial charge on any atom is -0.507 e. The molecule has 0 aliphatic heterocycles. The molecule has 108 valence electrons. The van der Waals surface area contributed by atoms with Gasteiger partial charge in [-0.25, -0.2) is 0 Å². The zero-order valence-electron chi connectivity index (χ0n) is 11.1. The molecular formula is C17H8Br2O3. The minimum atomic E-state index is -0.159. The highest BCUT2D eigenvalue weighted by atomic mass is 79.9. The van der Waals surface area contributed by atoms with Crippen LogP contribution in [-0.4, -0.2) is 5.11 Å². The molecule has 3 aromatic rings. The number of fused-ring (bicyclic) bond motifs is 1. The molecule has 22 heavy (non-hydrogen) atoms. The number of benzene rings is 2. The van der Waals surface area contributed by atoms with E-state index in [1.54, 1.807) is 24.3 Å². The van der Waals surface area contributed by atoms with Crippen molar-refractivity contribution in [3.05, 3.63) is 61.1 Å². The highest BCUT2D eigenvalue weighted by molar-refractivity contribution is 9.11. The molecule has 3 nitrogen and oxygen atoms in total. The van der Waals surface area contributed by atoms with Gasteiger partial charge in [0.25, 0.3) is 0 Å². The standard InChI is InChI=1S/C17H8Br2O3/c1-2-9-5-10(3-4-14(9)20)16-8-15(21)12-6-11(18)7-13(19)17(12)22-16/h1,3-8,20H. The molecular weight excluding hydrogens is 412 g/mol. The van der Waals surface area contributed by atoms with E-state index in [0.717, 1.165) is 4.47 Å². The summed E-state index contributed by atoms with van der Waals surface area (Å²) in [6, 6.07) is 9.65. The molecule has 3 rings (SSSR count). The van der Waals surface area contributed by atoms with E-state index >= 15 is 0 Å². The van der Waals surface area contributed by atoms with Gasteiger partial charge in [-0.1, -0.05) is 21.9 Å². The quantitative estimate of drug-likeness (QED) is 0.583. The molecule has 0 unspecified atom stereocenters. The number of hydrogen-bond acceptors (Lipinski definition) is 3. The van der Waals surface area contributed by atoms with E-state index < -0.39 is 0 Å². The summed E-state index contributed by atoms with van der Waals surface area (Å²) in [4.78, 5) is 12.3. The molecule has 0 amide bonds. The minimum absolute atomic E-state index is 0.0134. The molecule has 0 aliphatic rings. The van der Waals surface area contributed by atoms with E-state index in [9.17, 15) is 9.90 Å². The molecule has 2 aromatic carbocycles. The average molecular weight is 420 g/mol. The normalized spacial score (nSPS) is 10.6.